The Labute approximate surface area is 117 Å². The van der Waals surface area contributed by atoms with Crippen molar-refractivity contribution in [3.63, 3.8) is 0 Å². The molecule has 0 aliphatic rings. The van der Waals surface area contributed by atoms with Crippen LogP contribution in [0.15, 0.2) is 52.7 Å². The second-order valence-corrected chi connectivity index (χ2v) is 5.28. The first-order valence-electron chi connectivity index (χ1n) is 5.90. The fraction of sp³-hybridized carbons (Fsp3) is 0.118. The van der Waals surface area contributed by atoms with Gasteiger partial charge in [-0.3, -0.25) is 0 Å². The van der Waals surface area contributed by atoms with Crippen molar-refractivity contribution in [3.05, 3.63) is 74.9 Å². The molecule has 0 saturated carbocycles. The monoisotopic (exact) mass is 298 g/mol. The third-order valence-electron chi connectivity index (χ3n) is 2.79. The summed E-state index contributed by atoms with van der Waals surface area (Å²) in [6.45, 7) is 4.22. The lowest BCUT2D eigenvalue weighted by atomic mass is 10.1. The topological polar surface area (TPSA) is 0 Å². The second kappa shape index (κ2) is 5.86. The Hall–Kier alpha value is -1.56. The maximum atomic E-state index is 3.43. The van der Waals surface area contributed by atoms with Crippen molar-refractivity contribution in [2.75, 3.05) is 0 Å². The average molecular weight is 299 g/mol. The van der Waals surface area contributed by atoms with E-state index in [0.717, 1.165) is 10.0 Å². The zero-order valence-corrected chi connectivity index (χ0v) is 12.2. The van der Waals surface area contributed by atoms with Gasteiger partial charge in [-0.15, -0.1) is 5.73 Å². The SMILES string of the molecule is Cc1ccc(C)c(C=C=Cc2ccc(Br)cc2)c1. The van der Waals surface area contributed by atoms with Gasteiger partial charge in [0, 0.05) is 4.47 Å². The molecule has 0 radical (unpaired) electrons. The Morgan fingerprint density at radius 2 is 1.67 bits per heavy atom. The van der Waals surface area contributed by atoms with Crippen LogP contribution in [0.1, 0.15) is 22.3 Å². The van der Waals surface area contributed by atoms with Crippen molar-refractivity contribution in [3.8, 4) is 0 Å². The third-order valence-corrected chi connectivity index (χ3v) is 3.32. The van der Waals surface area contributed by atoms with Gasteiger partial charge in [0.2, 0.25) is 0 Å². The Kier molecular flexibility index (Phi) is 4.19. The van der Waals surface area contributed by atoms with Crippen LogP contribution in [0.3, 0.4) is 0 Å². The lowest BCUT2D eigenvalue weighted by Gasteiger charge is -1.99. The zero-order valence-electron chi connectivity index (χ0n) is 10.6. The van der Waals surface area contributed by atoms with Crippen LogP contribution in [0.25, 0.3) is 12.2 Å². The summed E-state index contributed by atoms with van der Waals surface area (Å²) in [6.07, 6.45) is 4.03. The molecule has 0 N–H and O–H groups in total. The number of hydrogen-bond donors (Lipinski definition) is 0. The van der Waals surface area contributed by atoms with Gasteiger partial charge in [0.25, 0.3) is 0 Å². The van der Waals surface area contributed by atoms with Crippen molar-refractivity contribution in [2.24, 2.45) is 0 Å². The molecule has 0 heterocycles. The smallest absolute Gasteiger partial charge is 0.0175 e. The summed E-state index contributed by atoms with van der Waals surface area (Å²) in [5.74, 6) is 0. The molecule has 0 bridgehead atoms. The minimum atomic E-state index is 1.10. The fourth-order valence-corrected chi connectivity index (χ4v) is 1.97. The van der Waals surface area contributed by atoms with Gasteiger partial charge < -0.3 is 0 Å². The van der Waals surface area contributed by atoms with Crippen LogP contribution in [0.2, 0.25) is 0 Å². The highest BCUT2D eigenvalue weighted by molar-refractivity contribution is 9.10. The van der Waals surface area contributed by atoms with Crippen LogP contribution < -0.4 is 0 Å². The van der Waals surface area contributed by atoms with E-state index < -0.39 is 0 Å². The molecular weight excluding hydrogens is 284 g/mol. The third kappa shape index (κ3) is 3.46. The summed E-state index contributed by atoms with van der Waals surface area (Å²) in [5.41, 5.74) is 8.17. The lowest BCUT2D eigenvalue weighted by Crippen LogP contribution is -1.80. The fourth-order valence-electron chi connectivity index (χ4n) is 1.70. The number of halogens is 1. The van der Waals surface area contributed by atoms with Gasteiger partial charge >= 0.3 is 0 Å². The maximum absolute atomic E-state index is 3.43. The predicted octanol–water partition coefficient (Wildman–Crippen LogP) is 5.39. The van der Waals surface area contributed by atoms with Gasteiger partial charge in [-0.05, 0) is 54.8 Å². The Balaban J connectivity index is 2.24. The van der Waals surface area contributed by atoms with Crippen LogP contribution in [-0.2, 0) is 0 Å². The summed E-state index contributed by atoms with van der Waals surface area (Å²) in [6, 6.07) is 14.6. The standard InChI is InChI=1S/C17H15Br/c1-13-6-7-14(2)16(12-13)5-3-4-15-8-10-17(18)11-9-15/h4-12H,1-2H3. The highest BCUT2D eigenvalue weighted by atomic mass is 79.9. The maximum Gasteiger partial charge on any atom is 0.0175 e. The van der Waals surface area contributed by atoms with Crippen molar-refractivity contribution in [1.29, 1.82) is 0 Å². The van der Waals surface area contributed by atoms with Crippen molar-refractivity contribution < 1.29 is 0 Å². The zero-order chi connectivity index (χ0) is 13.0. The molecule has 2 aromatic carbocycles. The molecule has 90 valence electrons. The molecule has 0 atom stereocenters. The Bertz CT molecular complexity index is 600. The van der Waals surface area contributed by atoms with Crippen LogP contribution >= 0.6 is 15.9 Å². The molecular formula is C17H15Br. The summed E-state index contributed by atoms with van der Waals surface area (Å²) in [4.78, 5) is 0. The van der Waals surface area contributed by atoms with E-state index in [-0.39, 0.29) is 0 Å². The normalized spacial score (nSPS) is 9.72. The summed E-state index contributed by atoms with van der Waals surface area (Å²) >= 11 is 3.43. The molecule has 1 heteroatoms. The quantitative estimate of drug-likeness (QED) is 0.652. The summed E-state index contributed by atoms with van der Waals surface area (Å²) < 4.78 is 1.10. The van der Waals surface area contributed by atoms with Crippen molar-refractivity contribution in [2.45, 2.75) is 13.8 Å². The minimum Gasteiger partial charge on any atom is -0.120 e. The Morgan fingerprint density at radius 3 is 2.39 bits per heavy atom. The van der Waals surface area contributed by atoms with Gasteiger partial charge in [-0.2, -0.15) is 0 Å². The van der Waals surface area contributed by atoms with Gasteiger partial charge in [0.1, 0.15) is 0 Å². The Morgan fingerprint density at radius 1 is 0.944 bits per heavy atom. The van der Waals surface area contributed by atoms with Crippen LogP contribution in [0.5, 0.6) is 0 Å². The first kappa shape index (κ1) is 12.9. The molecule has 0 saturated heterocycles. The van der Waals surface area contributed by atoms with E-state index in [1.165, 1.54) is 16.7 Å². The van der Waals surface area contributed by atoms with Crippen LogP contribution in [0.4, 0.5) is 0 Å². The minimum absolute atomic E-state index is 1.10. The van der Waals surface area contributed by atoms with E-state index in [4.69, 9.17) is 0 Å². The number of benzene rings is 2. The number of aryl methyl sites for hydroxylation is 2. The van der Waals surface area contributed by atoms with E-state index in [1.54, 1.807) is 0 Å². The van der Waals surface area contributed by atoms with Crippen molar-refractivity contribution >= 4 is 28.1 Å². The number of rotatable bonds is 2. The van der Waals surface area contributed by atoms with E-state index in [0.29, 0.717) is 0 Å². The van der Waals surface area contributed by atoms with Gasteiger partial charge in [-0.1, -0.05) is 51.8 Å². The first-order valence-corrected chi connectivity index (χ1v) is 6.70. The lowest BCUT2D eigenvalue weighted by molar-refractivity contribution is 1.38. The largest absolute Gasteiger partial charge is 0.120 e. The number of hydrogen-bond acceptors (Lipinski definition) is 0. The van der Waals surface area contributed by atoms with E-state index in [2.05, 4.69) is 65.8 Å². The molecule has 0 spiro atoms. The van der Waals surface area contributed by atoms with Gasteiger partial charge in [0.15, 0.2) is 0 Å². The molecule has 0 aromatic heterocycles. The molecule has 0 unspecified atom stereocenters. The van der Waals surface area contributed by atoms with Crippen LogP contribution in [-0.4, -0.2) is 0 Å². The van der Waals surface area contributed by atoms with Crippen LogP contribution in [0, 0.1) is 13.8 Å². The summed E-state index contributed by atoms with van der Waals surface area (Å²) in [5, 5.41) is 0. The molecule has 0 aliphatic heterocycles. The molecule has 0 aliphatic carbocycles. The van der Waals surface area contributed by atoms with Gasteiger partial charge in [-0.25, -0.2) is 0 Å². The highest BCUT2D eigenvalue weighted by Crippen LogP contribution is 2.13. The highest BCUT2D eigenvalue weighted by Gasteiger charge is 1.93. The predicted molar refractivity (Wildman–Crippen MR) is 82.5 cm³/mol. The second-order valence-electron chi connectivity index (χ2n) is 4.37. The molecule has 0 amide bonds. The molecule has 18 heavy (non-hydrogen) atoms. The average Bonchev–Trinajstić information content (AvgIpc) is 2.36. The first-order chi connectivity index (χ1) is 8.65. The van der Waals surface area contributed by atoms with Gasteiger partial charge in [0.05, 0.1) is 0 Å². The molecule has 2 aromatic rings. The summed E-state index contributed by atoms with van der Waals surface area (Å²) in [7, 11) is 0. The van der Waals surface area contributed by atoms with Crippen molar-refractivity contribution in [1.82, 2.24) is 0 Å². The molecule has 2 rings (SSSR count). The van der Waals surface area contributed by atoms with E-state index in [9.17, 15) is 0 Å². The molecule has 0 fully saturated rings. The molecule has 0 nitrogen and oxygen atoms in total. The van der Waals surface area contributed by atoms with E-state index >= 15 is 0 Å². The van der Waals surface area contributed by atoms with E-state index in [1.807, 2.05) is 24.3 Å².